The molecule has 2 atom stereocenters. The molecule has 1 heterocycles. The molecule has 120 valence electrons. The Morgan fingerprint density at radius 2 is 2.25 bits per heavy atom. The number of hydrogen-bond donors (Lipinski definition) is 2. The van der Waals surface area contributed by atoms with Crippen molar-refractivity contribution in [3.8, 4) is 0 Å². The van der Waals surface area contributed by atoms with Crippen molar-refractivity contribution in [1.29, 1.82) is 0 Å². The van der Waals surface area contributed by atoms with Crippen LogP contribution in [0.4, 0.5) is 0 Å². The number of nitrogens with one attached hydrogen (secondary N) is 2. The zero-order chi connectivity index (χ0) is 13.9. The zero-order valence-electron chi connectivity index (χ0n) is 13.0. The predicted octanol–water partition coefficient (Wildman–Crippen LogP) is 2.37. The van der Waals surface area contributed by atoms with E-state index in [1.54, 1.807) is 0 Å². The highest BCUT2D eigenvalue weighted by Gasteiger charge is 2.21. The molecule has 1 amide bonds. The summed E-state index contributed by atoms with van der Waals surface area (Å²) in [6.45, 7) is 8.60. The first-order chi connectivity index (χ1) is 9.24. The van der Waals surface area contributed by atoms with Gasteiger partial charge in [0.2, 0.25) is 5.91 Å². The Balaban J connectivity index is 0.00000361. The van der Waals surface area contributed by atoms with Crippen LogP contribution in [0.2, 0.25) is 0 Å². The maximum atomic E-state index is 11.8. The smallest absolute Gasteiger partial charge is 0.220 e. The lowest BCUT2D eigenvalue weighted by Gasteiger charge is -2.28. The Morgan fingerprint density at radius 1 is 1.45 bits per heavy atom. The second-order valence-electron chi connectivity index (χ2n) is 5.60. The minimum Gasteiger partial charge on any atom is -0.380 e. The first kappa shape index (κ1) is 19.7. The molecular formula is C15H31ClN2O2. The lowest BCUT2D eigenvalue weighted by Crippen LogP contribution is -2.36. The molecule has 0 saturated carbocycles. The maximum absolute atomic E-state index is 11.8. The van der Waals surface area contributed by atoms with Crippen molar-refractivity contribution in [2.24, 2.45) is 11.8 Å². The van der Waals surface area contributed by atoms with Crippen LogP contribution < -0.4 is 10.6 Å². The van der Waals surface area contributed by atoms with Crippen LogP contribution in [-0.2, 0) is 9.53 Å². The van der Waals surface area contributed by atoms with Crippen molar-refractivity contribution in [2.75, 3.05) is 32.8 Å². The summed E-state index contributed by atoms with van der Waals surface area (Å²) in [6.07, 6.45) is 5.38. The Labute approximate surface area is 129 Å². The summed E-state index contributed by atoms with van der Waals surface area (Å²) < 4.78 is 5.42. The van der Waals surface area contributed by atoms with Gasteiger partial charge in [0, 0.05) is 19.6 Å². The van der Waals surface area contributed by atoms with Gasteiger partial charge in [0.05, 0.1) is 6.61 Å². The van der Waals surface area contributed by atoms with Gasteiger partial charge < -0.3 is 15.4 Å². The molecule has 1 aliphatic heterocycles. The number of halogens is 1. The molecule has 5 heteroatoms. The highest BCUT2D eigenvalue weighted by molar-refractivity contribution is 5.85. The zero-order valence-corrected chi connectivity index (χ0v) is 13.8. The fourth-order valence-electron chi connectivity index (χ4n) is 2.51. The second-order valence-corrected chi connectivity index (χ2v) is 5.60. The number of carbonyl (C=O) groups excluding carboxylic acids is 1. The van der Waals surface area contributed by atoms with Crippen LogP contribution in [0.5, 0.6) is 0 Å². The fourth-order valence-corrected chi connectivity index (χ4v) is 2.51. The van der Waals surface area contributed by atoms with Crippen LogP contribution in [0.1, 0.15) is 46.0 Å². The summed E-state index contributed by atoms with van der Waals surface area (Å²) in [7, 11) is 0. The molecule has 1 rings (SSSR count). The Hall–Kier alpha value is -0.320. The molecule has 1 aliphatic rings. The van der Waals surface area contributed by atoms with E-state index in [4.69, 9.17) is 4.74 Å². The van der Waals surface area contributed by atoms with Crippen LogP contribution >= 0.6 is 12.4 Å². The number of carbonyl (C=O) groups is 1. The largest absolute Gasteiger partial charge is 0.380 e. The Morgan fingerprint density at radius 3 is 2.90 bits per heavy atom. The fraction of sp³-hybridized carbons (Fsp3) is 0.933. The highest BCUT2D eigenvalue weighted by atomic mass is 35.5. The van der Waals surface area contributed by atoms with Crippen LogP contribution in [0.3, 0.4) is 0 Å². The topological polar surface area (TPSA) is 50.4 Å². The summed E-state index contributed by atoms with van der Waals surface area (Å²) in [4.78, 5) is 11.8. The molecule has 0 radical (unpaired) electrons. The number of rotatable bonds is 9. The van der Waals surface area contributed by atoms with Crippen molar-refractivity contribution in [3.63, 3.8) is 0 Å². The second kappa shape index (κ2) is 12.4. The van der Waals surface area contributed by atoms with Gasteiger partial charge in [-0.15, -0.1) is 12.4 Å². The van der Waals surface area contributed by atoms with E-state index in [2.05, 4.69) is 24.5 Å². The Bertz CT molecular complexity index is 246. The predicted molar refractivity (Wildman–Crippen MR) is 85.4 cm³/mol. The Kier molecular flexibility index (Phi) is 12.2. The van der Waals surface area contributed by atoms with E-state index >= 15 is 0 Å². The minimum atomic E-state index is 0. The molecule has 1 fully saturated rings. The highest BCUT2D eigenvalue weighted by Crippen LogP contribution is 2.22. The molecule has 20 heavy (non-hydrogen) atoms. The molecule has 0 aromatic rings. The molecule has 2 N–H and O–H groups in total. The van der Waals surface area contributed by atoms with E-state index in [0.29, 0.717) is 31.4 Å². The van der Waals surface area contributed by atoms with Gasteiger partial charge in [-0.2, -0.15) is 0 Å². The van der Waals surface area contributed by atoms with Crippen LogP contribution in [0.15, 0.2) is 0 Å². The van der Waals surface area contributed by atoms with Crippen molar-refractivity contribution in [3.05, 3.63) is 0 Å². The molecule has 2 unspecified atom stereocenters. The van der Waals surface area contributed by atoms with Gasteiger partial charge in [-0.3, -0.25) is 4.79 Å². The molecule has 1 saturated heterocycles. The monoisotopic (exact) mass is 306 g/mol. The molecule has 0 aromatic heterocycles. The van der Waals surface area contributed by atoms with Gasteiger partial charge in [-0.05, 0) is 44.2 Å². The molecule has 0 aromatic carbocycles. The molecule has 0 aliphatic carbocycles. The van der Waals surface area contributed by atoms with E-state index in [1.165, 1.54) is 12.8 Å². The average Bonchev–Trinajstić information content (AvgIpc) is 2.43. The third-order valence-corrected chi connectivity index (χ3v) is 3.86. The van der Waals surface area contributed by atoms with Crippen molar-refractivity contribution >= 4 is 18.3 Å². The SMILES string of the molecule is CCCCOCCNC(=O)CC(C)C1CCCNC1.Cl. The summed E-state index contributed by atoms with van der Waals surface area (Å²) in [5.74, 6) is 1.28. The van der Waals surface area contributed by atoms with E-state index in [9.17, 15) is 4.79 Å². The number of unbranched alkanes of at least 4 members (excludes halogenated alkanes) is 1. The minimum absolute atomic E-state index is 0. The number of amides is 1. The van der Waals surface area contributed by atoms with Gasteiger partial charge >= 0.3 is 0 Å². The maximum Gasteiger partial charge on any atom is 0.220 e. The van der Waals surface area contributed by atoms with Gasteiger partial charge in [0.1, 0.15) is 0 Å². The number of hydrogen-bond acceptors (Lipinski definition) is 3. The van der Waals surface area contributed by atoms with E-state index in [-0.39, 0.29) is 18.3 Å². The molecule has 4 nitrogen and oxygen atoms in total. The number of ether oxygens (including phenoxy) is 1. The van der Waals surface area contributed by atoms with Crippen molar-refractivity contribution < 1.29 is 9.53 Å². The van der Waals surface area contributed by atoms with E-state index in [0.717, 1.165) is 32.5 Å². The lowest BCUT2D eigenvalue weighted by atomic mass is 9.85. The van der Waals surface area contributed by atoms with Crippen LogP contribution in [0.25, 0.3) is 0 Å². The van der Waals surface area contributed by atoms with Crippen LogP contribution in [-0.4, -0.2) is 38.8 Å². The quantitative estimate of drug-likeness (QED) is 0.643. The summed E-state index contributed by atoms with van der Waals surface area (Å²) >= 11 is 0. The van der Waals surface area contributed by atoms with Crippen LogP contribution in [0, 0.1) is 11.8 Å². The summed E-state index contributed by atoms with van der Waals surface area (Å²) in [5.41, 5.74) is 0. The average molecular weight is 307 g/mol. The van der Waals surface area contributed by atoms with Gasteiger partial charge in [0.15, 0.2) is 0 Å². The lowest BCUT2D eigenvalue weighted by molar-refractivity contribution is -0.122. The van der Waals surface area contributed by atoms with Gasteiger partial charge in [-0.1, -0.05) is 20.3 Å². The molecule has 0 bridgehead atoms. The third-order valence-electron chi connectivity index (χ3n) is 3.86. The van der Waals surface area contributed by atoms with Crippen molar-refractivity contribution in [2.45, 2.75) is 46.0 Å². The first-order valence-corrected chi connectivity index (χ1v) is 7.79. The molecule has 0 spiro atoms. The standard InChI is InChI=1S/C15H30N2O2.ClH/c1-3-4-9-19-10-8-17-15(18)11-13(2)14-6-5-7-16-12-14;/h13-14,16H,3-12H2,1-2H3,(H,17,18);1H. The number of piperidine rings is 1. The molecular weight excluding hydrogens is 276 g/mol. The van der Waals surface area contributed by atoms with Gasteiger partial charge in [0.25, 0.3) is 0 Å². The normalized spacial score (nSPS) is 20.0. The van der Waals surface area contributed by atoms with Gasteiger partial charge in [-0.25, -0.2) is 0 Å². The summed E-state index contributed by atoms with van der Waals surface area (Å²) in [6, 6.07) is 0. The third kappa shape index (κ3) is 8.77. The van der Waals surface area contributed by atoms with Crippen molar-refractivity contribution in [1.82, 2.24) is 10.6 Å². The van der Waals surface area contributed by atoms with E-state index in [1.807, 2.05) is 0 Å². The van der Waals surface area contributed by atoms with E-state index < -0.39 is 0 Å². The first-order valence-electron chi connectivity index (χ1n) is 7.79. The summed E-state index contributed by atoms with van der Waals surface area (Å²) in [5, 5.41) is 6.35.